The van der Waals surface area contributed by atoms with E-state index in [4.69, 9.17) is 21.1 Å². The van der Waals surface area contributed by atoms with Crippen molar-refractivity contribution < 1.29 is 24.2 Å². The van der Waals surface area contributed by atoms with Gasteiger partial charge in [0.2, 0.25) is 5.56 Å². The number of carbonyl (C=O) groups is 2. The molecule has 4 aromatic rings. The molecule has 3 aliphatic heterocycles. The lowest BCUT2D eigenvalue weighted by Gasteiger charge is -2.43. The number of unbranched alkanes of at least 4 members (excludes halogenated alkanes) is 6. The molecule has 1 aromatic heterocycles. The lowest BCUT2D eigenvalue weighted by Crippen LogP contribution is -2.52. The van der Waals surface area contributed by atoms with Crippen LogP contribution in [0.1, 0.15) is 85.3 Å². The average Bonchev–Trinajstić information content (AvgIpc) is 3.16. The molecule has 2 bridgehead atoms. The van der Waals surface area contributed by atoms with Gasteiger partial charge in [0.05, 0.1) is 29.7 Å². The number of phenols is 1. The Morgan fingerprint density at radius 2 is 1.65 bits per heavy atom. The molecule has 0 saturated carbocycles. The van der Waals surface area contributed by atoms with Crippen LogP contribution in [0.4, 0.5) is 4.79 Å². The first-order valence-corrected chi connectivity index (χ1v) is 19.0. The number of aromatic hydroxyl groups is 1. The number of aromatic nitrogens is 1. The van der Waals surface area contributed by atoms with Crippen molar-refractivity contribution in [1.82, 2.24) is 20.5 Å². The van der Waals surface area contributed by atoms with Crippen LogP contribution >= 0.6 is 11.6 Å². The number of rotatable bonds is 18. The topological polar surface area (TPSA) is 133 Å². The van der Waals surface area contributed by atoms with Crippen LogP contribution in [0.3, 0.4) is 0 Å². The summed E-state index contributed by atoms with van der Waals surface area (Å²) in [5, 5.41) is 17.4. The van der Waals surface area contributed by atoms with Crippen LogP contribution in [0.15, 0.2) is 77.6 Å². The number of pyridine rings is 1. The van der Waals surface area contributed by atoms with E-state index in [-0.39, 0.29) is 35.3 Å². The summed E-state index contributed by atoms with van der Waals surface area (Å²) in [6.07, 6.45) is 9.01. The molecule has 0 radical (unpaired) electrons. The zero-order valence-corrected chi connectivity index (χ0v) is 30.3. The molecule has 3 fully saturated rings. The molecule has 10 nitrogen and oxygen atoms in total. The summed E-state index contributed by atoms with van der Waals surface area (Å²) in [4.78, 5) is 42.6. The van der Waals surface area contributed by atoms with E-state index in [0.29, 0.717) is 34.2 Å². The highest BCUT2D eigenvalue weighted by Gasteiger charge is 2.37. The highest BCUT2D eigenvalue weighted by atomic mass is 35.5. The van der Waals surface area contributed by atoms with Gasteiger partial charge >= 0.3 is 6.09 Å². The van der Waals surface area contributed by atoms with Gasteiger partial charge < -0.3 is 30.2 Å². The molecule has 3 aliphatic rings. The first-order chi connectivity index (χ1) is 25.4. The van der Waals surface area contributed by atoms with Gasteiger partial charge in [-0.3, -0.25) is 14.5 Å². The second-order valence-corrected chi connectivity index (χ2v) is 14.3. The van der Waals surface area contributed by atoms with Crippen LogP contribution < -0.4 is 20.9 Å². The summed E-state index contributed by atoms with van der Waals surface area (Å²) in [5.74, 6) is 0.890. The number of aromatic amines is 1. The van der Waals surface area contributed by atoms with E-state index >= 15 is 0 Å². The Morgan fingerprint density at radius 1 is 0.904 bits per heavy atom. The predicted molar refractivity (Wildman–Crippen MR) is 204 cm³/mol. The zero-order valence-electron chi connectivity index (χ0n) is 29.6. The third-order valence-electron chi connectivity index (χ3n) is 10.3. The number of nitrogens with zero attached hydrogens (tertiary/aromatic N) is 1. The van der Waals surface area contributed by atoms with E-state index in [1.54, 1.807) is 12.1 Å². The van der Waals surface area contributed by atoms with Gasteiger partial charge in [0, 0.05) is 29.1 Å². The number of halogens is 1. The van der Waals surface area contributed by atoms with E-state index in [0.717, 1.165) is 95.1 Å². The third-order valence-corrected chi connectivity index (χ3v) is 10.7. The first kappa shape index (κ1) is 37.4. The molecule has 0 spiro atoms. The summed E-state index contributed by atoms with van der Waals surface area (Å²) in [6, 6.07) is 21.0. The Balaban J connectivity index is 0.882. The Morgan fingerprint density at radius 3 is 2.40 bits per heavy atom. The number of hydrogen-bond donors (Lipinski definition) is 4. The Hall–Kier alpha value is -4.38. The largest absolute Gasteiger partial charge is 0.506 e. The smallest absolute Gasteiger partial charge is 0.408 e. The van der Waals surface area contributed by atoms with E-state index in [2.05, 4.69) is 20.5 Å². The van der Waals surface area contributed by atoms with Gasteiger partial charge in [0.25, 0.3) is 0 Å². The number of phenolic OH excluding ortho intramolecular Hbond substituents is 1. The van der Waals surface area contributed by atoms with Crippen molar-refractivity contribution in [2.45, 2.75) is 69.9 Å². The van der Waals surface area contributed by atoms with E-state index in [1.807, 2.05) is 48.5 Å². The predicted octanol–water partition coefficient (Wildman–Crippen LogP) is 7.38. The van der Waals surface area contributed by atoms with E-state index in [9.17, 15) is 19.5 Å². The lowest BCUT2D eigenvalue weighted by molar-refractivity contribution is -0.0336. The molecule has 52 heavy (non-hydrogen) atoms. The van der Waals surface area contributed by atoms with Crippen LogP contribution in [-0.4, -0.2) is 72.3 Å². The van der Waals surface area contributed by atoms with Crippen molar-refractivity contribution in [3.05, 3.63) is 105 Å². The van der Waals surface area contributed by atoms with Crippen molar-refractivity contribution >= 4 is 34.4 Å². The van der Waals surface area contributed by atoms with Crippen molar-refractivity contribution in [2.75, 3.05) is 39.3 Å². The highest BCUT2D eigenvalue weighted by molar-refractivity contribution is 6.33. The van der Waals surface area contributed by atoms with Crippen molar-refractivity contribution in [2.24, 2.45) is 5.92 Å². The second kappa shape index (κ2) is 18.4. The van der Waals surface area contributed by atoms with Crippen LogP contribution in [0, 0.1) is 5.92 Å². The number of H-pyrrole nitrogens is 1. The van der Waals surface area contributed by atoms with Gasteiger partial charge in [-0.1, -0.05) is 86.2 Å². The van der Waals surface area contributed by atoms with E-state index < -0.39 is 12.1 Å². The van der Waals surface area contributed by atoms with Crippen LogP contribution in [0.2, 0.25) is 5.02 Å². The van der Waals surface area contributed by atoms with Gasteiger partial charge in [-0.25, -0.2) is 4.79 Å². The number of nitrogens with one attached hydrogen (secondary N) is 3. The number of piperidine rings is 3. The third kappa shape index (κ3) is 9.73. The molecule has 7 rings (SSSR count). The average molecular weight is 729 g/mol. The minimum absolute atomic E-state index is 0.0552. The van der Waals surface area contributed by atoms with Crippen LogP contribution in [0.5, 0.6) is 11.5 Å². The fraction of sp³-hybridized carbons (Fsp3) is 0.439. The van der Waals surface area contributed by atoms with Gasteiger partial charge in [0.1, 0.15) is 17.6 Å². The molecule has 11 heteroatoms. The van der Waals surface area contributed by atoms with Crippen LogP contribution in [0.25, 0.3) is 10.9 Å². The van der Waals surface area contributed by atoms with Crippen molar-refractivity contribution in [3.8, 4) is 11.5 Å². The molecule has 3 saturated heterocycles. The lowest BCUT2D eigenvalue weighted by atomic mass is 9.86. The number of ether oxygens (including phenoxy) is 2. The monoisotopic (exact) mass is 728 g/mol. The molecule has 0 aliphatic carbocycles. The number of alkyl carbamates (subject to hydrolysis) is 1. The number of carbonyl (C=O) groups excluding carboxylic acids is 2. The summed E-state index contributed by atoms with van der Waals surface area (Å²) >= 11 is 6.93. The van der Waals surface area contributed by atoms with Gasteiger partial charge in [-0.05, 0) is 81.1 Å². The molecule has 4 N–H and O–H groups in total. The molecule has 276 valence electrons. The molecule has 2 atom stereocenters. The second-order valence-electron chi connectivity index (χ2n) is 13.9. The number of Topliss-reactive ketones (excluding diaryl/α,β-unsaturated/α-hetero) is 1. The number of ketones is 1. The summed E-state index contributed by atoms with van der Waals surface area (Å²) in [7, 11) is 0. The molecular formula is C41H49ClN4O6. The van der Waals surface area contributed by atoms with E-state index in [1.165, 1.54) is 12.1 Å². The quantitative estimate of drug-likeness (QED) is 0.0617. The number of hydrogen-bond acceptors (Lipinski definition) is 8. The normalized spacial score (nSPS) is 18.6. The highest BCUT2D eigenvalue weighted by Crippen LogP contribution is 2.36. The Labute approximate surface area is 309 Å². The fourth-order valence-electron chi connectivity index (χ4n) is 7.38. The first-order valence-electron chi connectivity index (χ1n) is 18.6. The molecule has 3 aromatic carbocycles. The minimum atomic E-state index is -0.478. The maximum atomic E-state index is 13.2. The van der Waals surface area contributed by atoms with Gasteiger partial charge in [-0.2, -0.15) is 0 Å². The number of fused-ring (bicyclic) bond motifs is 4. The summed E-state index contributed by atoms with van der Waals surface area (Å²) in [6.45, 7) is 4.46. The molecular weight excluding hydrogens is 680 g/mol. The van der Waals surface area contributed by atoms with Gasteiger partial charge in [0.15, 0.2) is 5.78 Å². The SMILES string of the molecule is O=C(NC(c1ccccc1)c1cccc(OCCCCCCCCCNCC(=O)c2ccc(O)c3[nH]c(=O)ccc23)c1Cl)OC1CN2CCC1CC2. The summed E-state index contributed by atoms with van der Waals surface area (Å²) in [5.41, 5.74) is 2.11. The molecule has 2 unspecified atom stereocenters. The number of amides is 1. The maximum absolute atomic E-state index is 13.2. The summed E-state index contributed by atoms with van der Waals surface area (Å²) < 4.78 is 12.1. The molecule has 4 heterocycles. The number of benzene rings is 3. The molecule has 1 amide bonds. The minimum Gasteiger partial charge on any atom is -0.506 e. The Bertz CT molecular complexity index is 1860. The standard InChI is InChI=1S/C41H49ClN4O6/c42-38-32(39(29-12-7-6-8-13-29)45-41(50)52-36-27-46-23-20-28(36)21-24-46)14-11-15-35(38)51-25-10-5-3-1-2-4-9-22-43-26-34(48)30-16-18-33(47)40-31(30)17-19-37(49)44-40/h6-8,11-19,28,36,39,43,47H,1-5,9-10,20-27H2,(H,44,49)(H,45,50). The van der Waals surface area contributed by atoms with Crippen molar-refractivity contribution in [3.63, 3.8) is 0 Å². The maximum Gasteiger partial charge on any atom is 0.408 e. The van der Waals surface area contributed by atoms with Crippen LogP contribution in [-0.2, 0) is 4.74 Å². The zero-order chi connectivity index (χ0) is 36.3. The fourth-order valence-corrected chi connectivity index (χ4v) is 7.67. The van der Waals surface area contributed by atoms with Crippen molar-refractivity contribution in [1.29, 1.82) is 0 Å². The van der Waals surface area contributed by atoms with Gasteiger partial charge in [-0.15, -0.1) is 0 Å². The Kier molecular flexibility index (Phi) is 13.2.